The lowest BCUT2D eigenvalue weighted by molar-refractivity contribution is 0.476. The molecule has 304 valence electrons. The van der Waals surface area contributed by atoms with E-state index in [1.54, 1.807) is 0 Å². The summed E-state index contributed by atoms with van der Waals surface area (Å²) in [5.74, 6) is 1.74. The van der Waals surface area contributed by atoms with Gasteiger partial charge < -0.3 is 23.2 Å². The maximum atomic E-state index is 6.42. The van der Waals surface area contributed by atoms with E-state index in [4.69, 9.17) is 9.15 Å². The predicted octanol–water partition coefficient (Wildman–Crippen LogP) is 16.7. The number of furan rings is 1. The monoisotopic (exact) mass is 831 g/mol. The van der Waals surface area contributed by atoms with E-state index < -0.39 is 0 Å². The summed E-state index contributed by atoms with van der Waals surface area (Å²) in [4.78, 5) is 2.37. The zero-order valence-corrected chi connectivity index (χ0v) is 35.0. The highest BCUT2D eigenvalue weighted by molar-refractivity contribution is 6.14. The van der Waals surface area contributed by atoms with E-state index in [1.165, 1.54) is 32.6 Å². The smallest absolute Gasteiger partial charge is 0.152 e. The molecule has 5 heteroatoms. The van der Waals surface area contributed by atoms with Crippen LogP contribution in [0.1, 0.15) is 0 Å². The van der Waals surface area contributed by atoms with Gasteiger partial charge in [-0.3, -0.25) is 0 Å². The van der Waals surface area contributed by atoms with Gasteiger partial charge in [-0.2, -0.15) is 0 Å². The van der Waals surface area contributed by atoms with Crippen molar-refractivity contribution < 1.29 is 9.15 Å². The SMILES string of the molecule is c1cc(-c2ccc3c(c2)c2cccc4c2n3-c2ccccc2O4)cc(N(c2ccc(-c3cccc4oc5ccccc5c34)cc2)c2ccc(-n3c4ccccc4c4ccccc43)cc2)c1. The number of aromatic nitrogens is 2. The Morgan fingerprint density at radius 3 is 1.77 bits per heavy atom. The molecule has 0 bridgehead atoms. The van der Waals surface area contributed by atoms with Crippen LogP contribution in [0, 0.1) is 0 Å². The summed E-state index contributed by atoms with van der Waals surface area (Å²) in [6.07, 6.45) is 0. The molecule has 65 heavy (non-hydrogen) atoms. The molecule has 0 saturated carbocycles. The molecule has 1 aliphatic heterocycles. The van der Waals surface area contributed by atoms with Crippen LogP contribution in [-0.2, 0) is 0 Å². The third kappa shape index (κ3) is 5.39. The highest BCUT2D eigenvalue weighted by Gasteiger charge is 2.24. The Labute approximate surface area is 373 Å². The Balaban J connectivity index is 0.908. The zero-order chi connectivity index (χ0) is 42.6. The molecule has 0 aliphatic carbocycles. The minimum absolute atomic E-state index is 0.866. The Morgan fingerprint density at radius 2 is 0.954 bits per heavy atom. The van der Waals surface area contributed by atoms with Crippen LogP contribution in [0.3, 0.4) is 0 Å². The largest absolute Gasteiger partial charge is 0.456 e. The second-order valence-corrected chi connectivity index (χ2v) is 16.9. The fraction of sp³-hybridized carbons (Fsp3) is 0. The standard InChI is InChI=1S/C60H37N3O2/c1-4-19-51-46(14-1)47-15-2-5-20-52(47)62(51)43-33-31-42(32-34-43)61(41-29-26-38(27-30-41)45-17-10-24-57-59(45)49-16-3-7-22-55(49)64-57)44-13-9-12-39(36-44)40-28-35-53-50(37-40)48-18-11-25-58-60(48)63(53)54-21-6-8-23-56(54)65-58/h1-37H. The Bertz CT molecular complexity index is 3990. The third-order valence-corrected chi connectivity index (χ3v) is 13.3. The molecular formula is C60H37N3O2. The van der Waals surface area contributed by atoms with Crippen molar-refractivity contribution in [3.05, 3.63) is 224 Å². The number of rotatable bonds is 6. The first-order chi connectivity index (χ1) is 32.2. The van der Waals surface area contributed by atoms with Gasteiger partial charge in [0.2, 0.25) is 0 Å². The van der Waals surface area contributed by atoms with E-state index in [9.17, 15) is 0 Å². The van der Waals surface area contributed by atoms with Crippen LogP contribution in [0.2, 0.25) is 0 Å². The number of fused-ring (bicyclic) bond motifs is 11. The summed E-state index contributed by atoms with van der Waals surface area (Å²) >= 11 is 0. The van der Waals surface area contributed by atoms with Gasteiger partial charge in [-0.05, 0) is 125 Å². The molecule has 0 amide bonds. The van der Waals surface area contributed by atoms with Gasteiger partial charge in [0.25, 0.3) is 0 Å². The Morgan fingerprint density at radius 1 is 0.354 bits per heavy atom. The van der Waals surface area contributed by atoms with Crippen molar-refractivity contribution in [3.8, 4) is 45.1 Å². The van der Waals surface area contributed by atoms with Crippen LogP contribution in [0.4, 0.5) is 17.1 Å². The summed E-state index contributed by atoms with van der Waals surface area (Å²) in [7, 11) is 0. The van der Waals surface area contributed by atoms with E-state index in [0.717, 1.165) is 95.2 Å². The molecule has 0 radical (unpaired) electrons. The lowest BCUT2D eigenvalue weighted by atomic mass is 9.99. The molecule has 14 rings (SSSR count). The minimum atomic E-state index is 0.866. The van der Waals surface area contributed by atoms with E-state index in [1.807, 2.05) is 24.3 Å². The van der Waals surface area contributed by atoms with Gasteiger partial charge in [0.1, 0.15) is 11.2 Å². The quantitative estimate of drug-likeness (QED) is 0.167. The first-order valence-corrected chi connectivity index (χ1v) is 22.1. The fourth-order valence-electron chi connectivity index (χ4n) is 10.4. The van der Waals surface area contributed by atoms with Crippen LogP contribution in [0.25, 0.3) is 99.2 Å². The summed E-state index contributed by atoms with van der Waals surface area (Å²) in [5.41, 5.74) is 16.4. The van der Waals surface area contributed by atoms with Gasteiger partial charge >= 0.3 is 0 Å². The van der Waals surface area contributed by atoms with Crippen molar-refractivity contribution in [3.63, 3.8) is 0 Å². The molecule has 3 aromatic heterocycles. The van der Waals surface area contributed by atoms with E-state index in [-0.39, 0.29) is 0 Å². The normalized spacial score (nSPS) is 12.1. The number of hydrogen-bond donors (Lipinski definition) is 0. The van der Waals surface area contributed by atoms with Crippen LogP contribution in [0.15, 0.2) is 229 Å². The molecule has 13 aromatic rings. The molecule has 0 fully saturated rings. The second-order valence-electron chi connectivity index (χ2n) is 16.9. The van der Waals surface area contributed by atoms with Crippen LogP contribution < -0.4 is 9.64 Å². The van der Waals surface area contributed by atoms with Crippen molar-refractivity contribution in [2.24, 2.45) is 0 Å². The third-order valence-electron chi connectivity index (χ3n) is 13.3. The van der Waals surface area contributed by atoms with E-state index in [0.29, 0.717) is 0 Å². The lowest BCUT2D eigenvalue weighted by Crippen LogP contribution is -2.10. The maximum Gasteiger partial charge on any atom is 0.152 e. The van der Waals surface area contributed by atoms with Crippen molar-refractivity contribution in [2.45, 2.75) is 0 Å². The summed E-state index contributed by atoms with van der Waals surface area (Å²) in [6.45, 7) is 0. The van der Waals surface area contributed by atoms with Crippen molar-refractivity contribution in [1.29, 1.82) is 0 Å². The van der Waals surface area contributed by atoms with Crippen molar-refractivity contribution in [2.75, 3.05) is 4.90 Å². The van der Waals surface area contributed by atoms with Gasteiger partial charge in [0.05, 0.1) is 27.8 Å². The maximum absolute atomic E-state index is 6.42. The van der Waals surface area contributed by atoms with Crippen molar-refractivity contribution >= 4 is 82.6 Å². The number of para-hydroxylation sites is 6. The molecule has 5 nitrogen and oxygen atoms in total. The number of anilines is 3. The number of nitrogens with zero attached hydrogens (tertiary/aromatic N) is 3. The number of benzene rings is 10. The molecule has 0 spiro atoms. The zero-order valence-electron chi connectivity index (χ0n) is 35.0. The summed E-state index contributed by atoms with van der Waals surface area (Å²) in [6, 6.07) is 80.3. The molecule has 0 atom stereocenters. The summed E-state index contributed by atoms with van der Waals surface area (Å²) in [5, 5.41) is 7.12. The fourth-order valence-corrected chi connectivity index (χ4v) is 10.4. The predicted molar refractivity (Wildman–Crippen MR) is 268 cm³/mol. The first-order valence-electron chi connectivity index (χ1n) is 22.1. The van der Waals surface area contributed by atoms with Crippen LogP contribution in [-0.4, -0.2) is 9.13 Å². The Kier molecular flexibility index (Phi) is 7.62. The van der Waals surface area contributed by atoms with Crippen molar-refractivity contribution in [1.82, 2.24) is 9.13 Å². The average molecular weight is 832 g/mol. The first kappa shape index (κ1) is 35.8. The number of ether oxygens (including phenoxy) is 1. The molecule has 10 aromatic carbocycles. The minimum Gasteiger partial charge on any atom is -0.456 e. The second kappa shape index (κ2) is 13.9. The van der Waals surface area contributed by atoms with Gasteiger partial charge in [0.15, 0.2) is 11.5 Å². The van der Waals surface area contributed by atoms with Gasteiger partial charge in [-0.25, -0.2) is 0 Å². The number of hydrogen-bond acceptors (Lipinski definition) is 3. The van der Waals surface area contributed by atoms with Gasteiger partial charge in [0, 0.05) is 55.1 Å². The van der Waals surface area contributed by atoms with Crippen LogP contribution >= 0.6 is 0 Å². The van der Waals surface area contributed by atoms with Gasteiger partial charge in [-0.15, -0.1) is 0 Å². The highest BCUT2D eigenvalue weighted by Crippen LogP contribution is 2.47. The van der Waals surface area contributed by atoms with E-state index >= 15 is 0 Å². The van der Waals surface area contributed by atoms with Crippen LogP contribution in [0.5, 0.6) is 11.5 Å². The van der Waals surface area contributed by atoms with Gasteiger partial charge in [-0.1, -0.05) is 121 Å². The summed E-state index contributed by atoms with van der Waals surface area (Å²) < 4.78 is 17.4. The van der Waals surface area contributed by atoms with E-state index in [2.05, 4.69) is 214 Å². The average Bonchev–Trinajstić information content (AvgIpc) is 4.03. The molecule has 0 saturated heterocycles. The lowest BCUT2D eigenvalue weighted by Gasteiger charge is -2.26. The highest BCUT2D eigenvalue weighted by atomic mass is 16.5. The topological polar surface area (TPSA) is 35.5 Å². The molecule has 1 aliphatic rings. The molecule has 0 N–H and O–H groups in total. The Hall–Kier alpha value is -8.80. The molecule has 4 heterocycles. The molecular weight excluding hydrogens is 795 g/mol. The molecule has 0 unspecified atom stereocenters.